The van der Waals surface area contributed by atoms with Crippen LogP contribution in [0.25, 0.3) is 10.9 Å². The van der Waals surface area contributed by atoms with E-state index < -0.39 is 22.8 Å². The molecule has 1 amide bonds. The Morgan fingerprint density at radius 1 is 1.30 bits per heavy atom. The summed E-state index contributed by atoms with van der Waals surface area (Å²) in [5, 5.41) is 12.4. The van der Waals surface area contributed by atoms with Crippen LogP contribution in [0.2, 0.25) is 0 Å². The molecule has 1 atom stereocenters. The van der Waals surface area contributed by atoms with Crippen molar-refractivity contribution in [3.8, 4) is 0 Å². The minimum atomic E-state index is -1.29. The number of nitrogens with one attached hydrogen (secondary N) is 2. The Morgan fingerprint density at radius 2 is 2.00 bits per heavy atom. The first-order chi connectivity index (χ1) is 9.49. The quantitative estimate of drug-likeness (QED) is 0.739. The van der Waals surface area contributed by atoms with Crippen molar-refractivity contribution in [1.82, 2.24) is 10.3 Å². The molecule has 0 aliphatic carbocycles. The first-order valence-electron chi connectivity index (χ1n) is 5.85. The van der Waals surface area contributed by atoms with E-state index in [0.717, 1.165) is 16.5 Å². The number of amides is 1. The number of para-hydroxylation sites is 1. The number of hydrogen-bond donors (Lipinski definition) is 3. The lowest BCUT2D eigenvalue weighted by Gasteiger charge is -2.14. The first kappa shape index (κ1) is 14.7. The smallest absolute Gasteiger partial charge is 0.326 e. The van der Waals surface area contributed by atoms with Gasteiger partial charge in [-0.3, -0.25) is 4.79 Å². The Balaban J connectivity index is 2.20. The number of alkyl halides is 2. The van der Waals surface area contributed by atoms with Crippen molar-refractivity contribution in [1.29, 1.82) is 0 Å². The molecule has 0 saturated carbocycles. The second-order valence-corrected chi connectivity index (χ2v) is 5.36. The Kier molecular flexibility index (Phi) is 4.52. The average molecular weight is 315 g/mol. The number of hydrogen-bond acceptors (Lipinski definition) is 2. The summed E-state index contributed by atoms with van der Waals surface area (Å²) in [6, 6.07) is 6.43. The zero-order valence-electron chi connectivity index (χ0n) is 10.3. The third-order valence-electron chi connectivity index (χ3n) is 2.91. The molecule has 1 aromatic carbocycles. The van der Waals surface area contributed by atoms with Gasteiger partial charge in [0.1, 0.15) is 6.04 Å². The van der Waals surface area contributed by atoms with E-state index in [1.807, 2.05) is 24.3 Å². The number of H-pyrrole nitrogens is 1. The average Bonchev–Trinajstić information content (AvgIpc) is 2.81. The van der Waals surface area contributed by atoms with Crippen molar-refractivity contribution in [3.05, 3.63) is 36.0 Å². The van der Waals surface area contributed by atoms with Crippen LogP contribution in [0.15, 0.2) is 30.5 Å². The van der Waals surface area contributed by atoms with Gasteiger partial charge < -0.3 is 15.4 Å². The molecule has 0 radical (unpaired) electrons. The third kappa shape index (κ3) is 3.23. The topological polar surface area (TPSA) is 82.2 Å². The lowest BCUT2D eigenvalue weighted by molar-refractivity contribution is -0.141. The van der Waals surface area contributed by atoms with Crippen LogP contribution in [-0.4, -0.2) is 32.8 Å². The standard InChI is InChI=1S/C13H12Cl2N2O3/c14-11(15)12(18)17-10(13(19)20)5-7-6-16-9-4-2-1-3-8(7)9/h1-4,6,10-11,16H,5H2,(H,17,18)(H,19,20)/t10-/m0/s1. The van der Waals surface area contributed by atoms with Gasteiger partial charge >= 0.3 is 5.97 Å². The molecule has 0 unspecified atom stereocenters. The molecule has 0 bridgehead atoms. The van der Waals surface area contributed by atoms with Crippen molar-refractivity contribution < 1.29 is 14.7 Å². The van der Waals surface area contributed by atoms with E-state index in [-0.39, 0.29) is 6.42 Å². The molecular weight excluding hydrogens is 303 g/mol. The number of carboxylic acid groups (broad SMARTS) is 1. The Labute approximate surface area is 124 Å². The third-order valence-corrected chi connectivity index (χ3v) is 3.31. The lowest BCUT2D eigenvalue weighted by atomic mass is 10.1. The summed E-state index contributed by atoms with van der Waals surface area (Å²) in [6.45, 7) is 0. The van der Waals surface area contributed by atoms with Crippen LogP contribution in [0.5, 0.6) is 0 Å². The second kappa shape index (κ2) is 6.15. The summed E-state index contributed by atoms with van der Waals surface area (Å²) in [5.74, 6) is -1.86. The fourth-order valence-electron chi connectivity index (χ4n) is 1.96. The van der Waals surface area contributed by atoms with Crippen LogP contribution < -0.4 is 5.32 Å². The molecule has 1 heterocycles. The van der Waals surface area contributed by atoms with Gasteiger partial charge in [0.05, 0.1) is 0 Å². The number of aromatic nitrogens is 1. The summed E-state index contributed by atoms with van der Waals surface area (Å²) in [7, 11) is 0. The molecule has 20 heavy (non-hydrogen) atoms. The van der Waals surface area contributed by atoms with Crippen molar-refractivity contribution in [2.75, 3.05) is 0 Å². The van der Waals surface area contributed by atoms with Crippen molar-refractivity contribution in [2.45, 2.75) is 17.3 Å². The highest BCUT2D eigenvalue weighted by molar-refractivity contribution is 6.53. The van der Waals surface area contributed by atoms with Crippen molar-refractivity contribution in [2.24, 2.45) is 0 Å². The molecule has 5 nitrogen and oxygen atoms in total. The fraction of sp³-hybridized carbons (Fsp3) is 0.231. The highest BCUT2D eigenvalue weighted by Gasteiger charge is 2.24. The van der Waals surface area contributed by atoms with Gasteiger partial charge in [-0.15, -0.1) is 0 Å². The monoisotopic (exact) mass is 314 g/mol. The molecule has 1 aromatic heterocycles. The zero-order valence-corrected chi connectivity index (χ0v) is 11.8. The Bertz CT molecular complexity index is 639. The number of rotatable bonds is 5. The number of carbonyl (C=O) groups excluding carboxylic acids is 1. The summed E-state index contributed by atoms with van der Waals surface area (Å²) in [6.07, 6.45) is 1.87. The molecule has 0 spiro atoms. The van der Waals surface area contributed by atoms with Crippen LogP contribution >= 0.6 is 23.2 Å². The summed E-state index contributed by atoms with van der Waals surface area (Å²) in [4.78, 5) is 24.4. The van der Waals surface area contributed by atoms with Crippen LogP contribution in [0.3, 0.4) is 0 Å². The highest BCUT2D eigenvalue weighted by atomic mass is 35.5. The van der Waals surface area contributed by atoms with E-state index in [0.29, 0.717) is 0 Å². The predicted molar refractivity (Wildman–Crippen MR) is 77.1 cm³/mol. The van der Waals surface area contributed by atoms with E-state index in [2.05, 4.69) is 10.3 Å². The van der Waals surface area contributed by atoms with Gasteiger partial charge in [-0.1, -0.05) is 41.4 Å². The fourth-order valence-corrected chi connectivity index (χ4v) is 2.08. The molecule has 0 aliphatic rings. The van der Waals surface area contributed by atoms with Crippen LogP contribution in [0.4, 0.5) is 0 Å². The van der Waals surface area contributed by atoms with Crippen molar-refractivity contribution >= 4 is 46.0 Å². The van der Waals surface area contributed by atoms with E-state index in [4.69, 9.17) is 28.3 Å². The van der Waals surface area contributed by atoms with Gasteiger partial charge in [0.2, 0.25) is 0 Å². The molecule has 2 rings (SSSR count). The number of aliphatic carboxylic acids is 1. The largest absolute Gasteiger partial charge is 0.480 e. The number of carboxylic acids is 1. The van der Waals surface area contributed by atoms with Gasteiger partial charge in [0.25, 0.3) is 5.91 Å². The SMILES string of the molecule is O=C(N[C@@H](Cc1c[nH]c2ccccc12)C(=O)O)C(Cl)Cl. The molecule has 3 N–H and O–H groups in total. The summed E-state index contributed by atoms with van der Waals surface area (Å²) >= 11 is 10.8. The zero-order chi connectivity index (χ0) is 14.7. The molecular formula is C13H12Cl2N2O3. The molecule has 2 aromatic rings. The number of aromatic amines is 1. The molecule has 0 aliphatic heterocycles. The minimum absolute atomic E-state index is 0.144. The van der Waals surface area contributed by atoms with E-state index in [9.17, 15) is 9.59 Å². The minimum Gasteiger partial charge on any atom is -0.480 e. The second-order valence-electron chi connectivity index (χ2n) is 4.26. The normalized spacial score (nSPS) is 12.6. The maximum atomic E-state index is 11.4. The Morgan fingerprint density at radius 3 is 2.65 bits per heavy atom. The van der Waals surface area contributed by atoms with Crippen molar-refractivity contribution in [3.63, 3.8) is 0 Å². The molecule has 106 valence electrons. The molecule has 0 fully saturated rings. The van der Waals surface area contributed by atoms with Crippen LogP contribution in [0.1, 0.15) is 5.56 Å². The van der Waals surface area contributed by atoms with Crippen LogP contribution in [-0.2, 0) is 16.0 Å². The molecule has 7 heteroatoms. The van der Waals surface area contributed by atoms with Crippen LogP contribution in [0, 0.1) is 0 Å². The van der Waals surface area contributed by atoms with E-state index in [1.54, 1.807) is 6.20 Å². The highest BCUT2D eigenvalue weighted by Crippen LogP contribution is 2.19. The maximum Gasteiger partial charge on any atom is 0.326 e. The Hall–Kier alpha value is -1.72. The van der Waals surface area contributed by atoms with Gasteiger partial charge in [-0.2, -0.15) is 0 Å². The van der Waals surface area contributed by atoms with E-state index >= 15 is 0 Å². The summed E-state index contributed by atoms with van der Waals surface area (Å²) in [5.41, 5.74) is 1.71. The summed E-state index contributed by atoms with van der Waals surface area (Å²) < 4.78 is 0. The van der Waals surface area contributed by atoms with Gasteiger partial charge in [-0.25, -0.2) is 4.79 Å². The van der Waals surface area contributed by atoms with E-state index in [1.165, 1.54) is 0 Å². The molecule has 0 saturated heterocycles. The van der Waals surface area contributed by atoms with Gasteiger partial charge in [0, 0.05) is 23.5 Å². The first-order valence-corrected chi connectivity index (χ1v) is 6.72. The number of benzene rings is 1. The predicted octanol–water partition coefficient (Wildman–Crippen LogP) is 2.08. The number of halogens is 2. The van der Waals surface area contributed by atoms with Gasteiger partial charge in [-0.05, 0) is 11.6 Å². The lowest BCUT2D eigenvalue weighted by Crippen LogP contribution is -2.44. The van der Waals surface area contributed by atoms with Gasteiger partial charge in [0.15, 0.2) is 4.84 Å². The number of fused-ring (bicyclic) bond motifs is 1. The maximum absolute atomic E-state index is 11.4. The number of carbonyl (C=O) groups is 2.